The Balaban J connectivity index is 2.67. The number of halogens is 1. The molecule has 1 aromatic rings. The van der Waals surface area contributed by atoms with E-state index in [2.05, 4.69) is 46.0 Å². The molecule has 0 N–H and O–H groups in total. The highest BCUT2D eigenvalue weighted by Gasteiger charge is 2.36. The molecular formula is C14H23ClOSi. The van der Waals surface area contributed by atoms with Crippen LogP contribution in [0.25, 0.3) is 0 Å². The van der Waals surface area contributed by atoms with Gasteiger partial charge in [0.1, 0.15) is 0 Å². The molecule has 0 bridgehead atoms. The Hall–Kier alpha value is -0.313. The summed E-state index contributed by atoms with van der Waals surface area (Å²) in [5.74, 6) is 0.563. The minimum atomic E-state index is -1.65. The van der Waals surface area contributed by atoms with E-state index < -0.39 is 8.32 Å². The van der Waals surface area contributed by atoms with Gasteiger partial charge in [0.25, 0.3) is 0 Å². The van der Waals surface area contributed by atoms with Gasteiger partial charge in [0.15, 0.2) is 8.32 Å². The van der Waals surface area contributed by atoms with Gasteiger partial charge in [-0.2, -0.15) is 0 Å². The lowest BCUT2D eigenvalue weighted by atomic mass is 10.1. The monoisotopic (exact) mass is 270 g/mol. The zero-order chi connectivity index (χ0) is 13.1. The van der Waals surface area contributed by atoms with Crippen LogP contribution in [-0.2, 0) is 16.9 Å². The van der Waals surface area contributed by atoms with Gasteiger partial charge in [0, 0.05) is 5.88 Å². The van der Waals surface area contributed by atoms with Crippen LogP contribution < -0.4 is 0 Å². The number of hydrogen-bond acceptors (Lipinski definition) is 1. The molecule has 0 aliphatic rings. The third-order valence-corrected chi connectivity index (χ3v) is 8.34. The Kier molecular flexibility index (Phi) is 4.82. The van der Waals surface area contributed by atoms with E-state index in [9.17, 15) is 0 Å². The molecule has 0 unspecified atom stereocenters. The van der Waals surface area contributed by atoms with Gasteiger partial charge in [-0.15, -0.1) is 11.6 Å². The SMILES string of the molecule is CC(C)(C)[Si](C)(C)OCc1cccc(CCl)c1. The summed E-state index contributed by atoms with van der Waals surface area (Å²) in [7, 11) is -1.65. The Morgan fingerprint density at radius 2 is 1.76 bits per heavy atom. The zero-order valence-corrected chi connectivity index (χ0v) is 13.3. The van der Waals surface area contributed by atoms with Crippen LogP contribution in [0.3, 0.4) is 0 Å². The van der Waals surface area contributed by atoms with Crippen LogP contribution in [0.5, 0.6) is 0 Å². The summed E-state index contributed by atoms with van der Waals surface area (Å²) in [4.78, 5) is 0. The first-order chi connectivity index (χ1) is 7.76. The normalized spacial score (nSPS) is 12.8. The van der Waals surface area contributed by atoms with Gasteiger partial charge < -0.3 is 4.43 Å². The quantitative estimate of drug-likeness (QED) is 0.556. The first-order valence-corrected chi connectivity index (χ1v) is 9.48. The van der Waals surface area contributed by atoms with Crippen molar-refractivity contribution in [3.05, 3.63) is 35.4 Å². The molecule has 0 amide bonds. The molecule has 1 aromatic carbocycles. The highest BCUT2D eigenvalue weighted by molar-refractivity contribution is 6.74. The summed E-state index contributed by atoms with van der Waals surface area (Å²) in [5.41, 5.74) is 2.37. The maximum absolute atomic E-state index is 6.18. The summed E-state index contributed by atoms with van der Waals surface area (Å²) in [6.07, 6.45) is 0. The smallest absolute Gasteiger partial charge is 0.192 e. The predicted octanol–water partition coefficient (Wildman–Crippen LogP) is 4.95. The van der Waals surface area contributed by atoms with Gasteiger partial charge in [-0.1, -0.05) is 45.0 Å². The molecule has 0 aliphatic carbocycles. The molecule has 0 aromatic heterocycles. The summed E-state index contributed by atoms with van der Waals surface area (Å²) in [6.45, 7) is 12.0. The fourth-order valence-corrected chi connectivity index (χ4v) is 2.41. The van der Waals surface area contributed by atoms with Crippen LogP contribution in [0.4, 0.5) is 0 Å². The highest BCUT2D eigenvalue weighted by Crippen LogP contribution is 2.37. The number of rotatable bonds is 4. The molecule has 0 atom stereocenters. The maximum Gasteiger partial charge on any atom is 0.192 e. The molecule has 96 valence electrons. The molecule has 0 saturated heterocycles. The highest BCUT2D eigenvalue weighted by atomic mass is 35.5. The fraction of sp³-hybridized carbons (Fsp3) is 0.571. The van der Waals surface area contributed by atoms with E-state index in [4.69, 9.17) is 16.0 Å². The molecule has 0 spiro atoms. The van der Waals surface area contributed by atoms with Crippen molar-refractivity contribution in [3.8, 4) is 0 Å². The van der Waals surface area contributed by atoms with Crippen molar-refractivity contribution in [1.29, 1.82) is 0 Å². The number of benzene rings is 1. The molecule has 1 rings (SSSR count). The van der Waals surface area contributed by atoms with Crippen molar-refractivity contribution < 1.29 is 4.43 Å². The van der Waals surface area contributed by atoms with Crippen LogP contribution in [0.2, 0.25) is 18.1 Å². The van der Waals surface area contributed by atoms with Gasteiger partial charge in [0.05, 0.1) is 6.61 Å². The van der Waals surface area contributed by atoms with Crippen molar-refractivity contribution in [2.45, 2.75) is 51.4 Å². The minimum Gasteiger partial charge on any atom is -0.413 e. The molecule has 0 radical (unpaired) electrons. The predicted molar refractivity (Wildman–Crippen MR) is 78.0 cm³/mol. The Labute approximate surface area is 111 Å². The second-order valence-electron chi connectivity index (χ2n) is 6.00. The molecule has 0 fully saturated rings. The van der Waals surface area contributed by atoms with E-state index in [1.54, 1.807) is 0 Å². The number of hydrogen-bond donors (Lipinski definition) is 0. The second kappa shape index (κ2) is 5.55. The Morgan fingerprint density at radius 3 is 2.29 bits per heavy atom. The van der Waals surface area contributed by atoms with Crippen LogP contribution in [0, 0.1) is 0 Å². The number of alkyl halides is 1. The lowest BCUT2D eigenvalue weighted by molar-refractivity contribution is 0.276. The van der Waals surface area contributed by atoms with E-state index in [1.807, 2.05) is 12.1 Å². The van der Waals surface area contributed by atoms with E-state index in [0.29, 0.717) is 12.5 Å². The van der Waals surface area contributed by atoms with Crippen LogP contribution in [-0.4, -0.2) is 8.32 Å². The van der Waals surface area contributed by atoms with Gasteiger partial charge in [-0.25, -0.2) is 0 Å². The third-order valence-electron chi connectivity index (χ3n) is 3.55. The van der Waals surface area contributed by atoms with Crippen LogP contribution in [0.15, 0.2) is 24.3 Å². The minimum absolute atomic E-state index is 0.261. The van der Waals surface area contributed by atoms with Crippen molar-refractivity contribution in [2.75, 3.05) is 0 Å². The fourth-order valence-electron chi connectivity index (χ4n) is 1.28. The molecule has 1 nitrogen and oxygen atoms in total. The van der Waals surface area contributed by atoms with Crippen molar-refractivity contribution in [3.63, 3.8) is 0 Å². The zero-order valence-electron chi connectivity index (χ0n) is 11.5. The lowest BCUT2D eigenvalue weighted by Gasteiger charge is -2.36. The summed E-state index contributed by atoms with van der Waals surface area (Å²) < 4.78 is 6.18. The van der Waals surface area contributed by atoms with Gasteiger partial charge >= 0.3 is 0 Å². The average Bonchev–Trinajstić information content (AvgIpc) is 2.25. The molecular weight excluding hydrogens is 248 g/mol. The van der Waals surface area contributed by atoms with Gasteiger partial charge in [0.2, 0.25) is 0 Å². The van der Waals surface area contributed by atoms with E-state index in [1.165, 1.54) is 5.56 Å². The van der Waals surface area contributed by atoms with Crippen LogP contribution >= 0.6 is 11.6 Å². The largest absolute Gasteiger partial charge is 0.413 e. The first kappa shape index (κ1) is 14.7. The van der Waals surface area contributed by atoms with Crippen molar-refractivity contribution in [2.24, 2.45) is 0 Å². The Bertz CT molecular complexity index is 369. The maximum atomic E-state index is 6.18. The molecule has 0 aliphatic heterocycles. The second-order valence-corrected chi connectivity index (χ2v) is 11.1. The summed E-state index contributed by atoms with van der Waals surface area (Å²) in [5, 5.41) is 0.261. The third kappa shape index (κ3) is 4.13. The molecule has 3 heteroatoms. The van der Waals surface area contributed by atoms with Gasteiger partial charge in [-0.05, 0) is 29.3 Å². The summed E-state index contributed by atoms with van der Waals surface area (Å²) >= 11 is 5.83. The van der Waals surface area contributed by atoms with E-state index >= 15 is 0 Å². The lowest BCUT2D eigenvalue weighted by Crippen LogP contribution is -2.40. The Morgan fingerprint density at radius 1 is 1.18 bits per heavy atom. The molecule has 0 heterocycles. The first-order valence-electron chi connectivity index (χ1n) is 6.04. The van der Waals surface area contributed by atoms with Crippen LogP contribution in [0.1, 0.15) is 31.9 Å². The van der Waals surface area contributed by atoms with E-state index in [-0.39, 0.29) is 5.04 Å². The molecule has 0 saturated carbocycles. The van der Waals surface area contributed by atoms with Crippen molar-refractivity contribution >= 4 is 19.9 Å². The van der Waals surface area contributed by atoms with Crippen molar-refractivity contribution in [1.82, 2.24) is 0 Å². The van der Waals surface area contributed by atoms with E-state index in [0.717, 1.165) is 5.56 Å². The standard InChI is InChI=1S/C14H23ClOSi/c1-14(2,3)17(4,5)16-11-13-8-6-7-12(9-13)10-15/h6-9H,10-11H2,1-5H3. The molecule has 17 heavy (non-hydrogen) atoms. The summed E-state index contributed by atoms with van der Waals surface area (Å²) in [6, 6.07) is 8.31. The topological polar surface area (TPSA) is 9.23 Å². The average molecular weight is 271 g/mol. The van der Waals surface area contributed by atoms with Gasteiger partial charge in [-0.3, -0.25) is 0 Å².